The Morgan fingerprint density at radius 2 is 2.06 bits per heavy atom. The van der Waals surface area contributed by atoms with E-state index in [2.05, 4.69) is 15.3 Å². The molecule has 88 valence electrons. The number of benzene rings is 1. The molecule has 2 aromatic heterocycles. The molecule has 0 saturated carbocycles. The summed E-state index contributed by atoms with van der Waals surface area (Å²) in [6.45, 7) is 0. The second-order valence-corrected chi connectivity index (χ2v) is 4.79. The third-order valence-corrected chi connectivity index (χ3v) is 3.51. The molecule has 0 saturated heterocycles. The lowest BCUT2D eigenvalue weighted by molar-refractivity contribution is 0.103. The Morgan fingerprint density at radius 1 is 1.22 bits per heavy atom. The van der Waals surface area contributed by atoms with Gasteiger partial charge in [-0.25, -0.2) is 9.97 Å². The molecule has 0 unspecified atom stereocenters. The molecular formula is C13H9N3OS. The number of carbonyl (C=O) groups is 1. The van der Waals surface area contributed by atoms with Crippen LogP contribution in [-0.4, -0.2) is 15.9 Å². The van der Waals surface area contributed by atoms with Gasteiger partial charge in [0.25, 0.3) is 5.91 Å². The minimum Gasteiger partial charge on any atom is -0.321 e. The predicted octanol–water partition coefficient (Wildman–Crippen LogP) is 2.94. The molecule has 0 fully saturated rings. The van der Waals surface area contributed by atoms with Crippen LogP contribution < -0.4 is 5.32 Å². The van der Waals surface area contributed by atoms with Crippen LogP contribution >= 0.6 is 11.3 Å². The number of nitrogens with one attached hydrogen (secondary N) is 1. The molecule has 0 bridgehead atoms. The number of nitrogens with zero attached hydrogens (tertiary/aromatic N) is 2. The number of hydrogen-bond acceptors (Lipinski definition) is 4. The van der Waals surface area contributed by atoms with Crippen molar-refractivity contribution in [3.8, 4) is 0 Å². The number of fused-ring (bicyclic) bond motifs is 1. The predicted molar refractivity (Wildman–Crippen MR) is 71.8 cm³/mol. The van der Waals surface area contributed by atoms with E-state index in [-0.39, 0.29) is 5.91 Å². The summed E-state index contributed by atoms with van der Waals surface area (Å²) in [6, 6.07) is 11.2. The minimum atomic E-state index is -0.121. The molecule has 0 aliphatic rings. The number of aromatic nitrogens is 2. The van der Waals surface area contributed by atoms with Gasteiger partial charge in [-0.15, -0.1) is 11.3 Å². The quantitative estimate of drug-likeness (QED) is 0.766. The fraction of sp³-hybridized carbons (Fsp3) is 0. The highest BCUT2D eigenvalue weighted by Crippen LogP contribution is 2.23. The molecule has 0 spiro atoms. The van der Waals surface area contributed by atoms with E-state index in [9.17, 15) is 4.79 Å². The van der Waals surface area contributed by atoms with Gasteiger partial charge < -0.3 is 5.32 Å². The summed E-state index contributed by atoms with van der Waals surface area (Å²) < 4.78 is 0.913. The highest BCUT2D eigenvalue weighted by atomic mass is 32.1. The van der Waals surface area contributed by atoms with Crippen LogP contribution in [0.2, 0.25) is 0 Å². The van der Waals surface area contributed by atoms with E-state index in [1.165, 1.54) is 17.7 Å². The Morgan fingerprint density at radius 3 is 2.83 bits per heavy atom. The SMILES string of the molecule is O=C(Nc1ccccc1)c1cc2ncncc2s1. The fourth-order valence-electron chi connectivity index (χ4n) is 1.61. The molecule has 0 aliphatic carbocycles. The highest BCUT2D eigenvalue weighted by Gasteiger charge is 2.10. The summed E-state index contributed by atoms with van der Waals surface area (Å²) in [5, 5.41) is 2.84. The third kappa shape index (κ3) is 2.08. The standard InChI is InChI=1S/C13H9N3OS/c17-13(16-9-4-2-1-3-5-9)11-6-10-12(18-11)7-14-8-15-10/h1-8H,(H,16,17). The van der Waals surface area contributed by atoms with Gasteiger partial charge in [0, 0.05) is 11.9 Å². The number of rotatable bonds is 2. The van der Waals surface area contributed by atoms with Crippen LogP contribution in [0.15, 0.2) is 48.9 Å². The van der Waals surface area contributed by atoms with Gasteiger partial charge in [0.15, 0.2) is 0 Å². The molecule has 3 rings (SSSR count). The van der Waals surface area contributed by atoms with E-state index in [1.54, 1.807) is 12.3 Å². The van der Waals surface area contributed by atoms with Crippen LogP contribution in [0.4, 0.5) is 5.69 Å². The van der Waals surface area contributed by atoms with Crippen LogP contribution in [0.1, 0.15) is 9.67 Å². The molecule has 1 amide bonds. The second kappa shape index (κ2) is 4.54. The third-order valence-electron chi connectivity index (χ3n) is 2.45. The zero-order chi connectivity index (χ0) is 12.4. The number of anilines is 1. The normalized spacial score (nSPS) is 10.4. The van der Waals surface area contributed by atoms with Crippen molar-refractivity contribution in [2.45, 2.75) is 0 Å². The number of para-hydroxylation sites is 1. The molecule has 1 aromatic carbocycles. The number of thiophene rings is 1. The van der Waals surface area contributed by atoms with E-state index in [0.717, 1.165) is 15.9 Å². The molecule has 0 atom stereocenters. The first-order valence-corrected chi connectivity index (χ1v) is 6.20. The van der Waals surface area contributed by atoms with E-state index in [4.69, 9.17) is 0 Å². The average Bonchev–Trinajstić information content (AvgIpc) is 2.84. The van der Waals surface area contributed by atoms with E-state index >= 15 is 0 Å². The number of hydrogen-bond donors (Lipinski definition) is 1. The van der Waals surface area contributed by atoms with Crippen LogP contribution in [-0.2, 0) is 0 Å². The van der Waals surface area contributed by atoms with Crippen molar-refractivity contribution in [1.82, 2.24) is 9.97 Å². The van der Waals surface area contributed by atoms with Crippen LogP contribution in [0.5, 0.6) is 0 Å². The van der Waals surface area contributed by atoms with Crippen molar-refractivity contribution in [2.24, 2.45) is 0 Å². The van der Waals surface area contributed by atoms with Crippen molar-refractivity contribution in [3.63, 3.8) is 0 Å². The lowest BCUT2D eigenvalue weighted by atomic mass is 10.3. The average molecular weight is 255 g/mol. The smallest absolute Gasteiger partial charge is 0.265 e. The van der Waals surface area contributed by atoms with Crippen LogP contribution in [0.3, 0.4) is 0 Å². The van der Waals surface area contributed by atoms with Crippen LogP contribution in [0.25, 0.3) is 10.2 Å². The van der Waals surface area contributed by atoms with E-state index in [1.807, 2.05) is 30.3 Å². The zero-order valence-electron chi connectivity index (χ0n) is 9.33. The topological polar surface area (TPSA) is 54.9 Å². The van der Waals surface area contributed by atoms with E-state index in [0.29, 0.717) is 4.88 Å². The fourth-order valence-corrected chi connectivity index (χ4v) is 2.49. The van der Waals surface area contributed by atoms with E-state index < -0.39 is 0 Å². The van der Waals surface area contributed by atoms with Gasteiger partial charge in [-0.3, -0.25) is 4.79 Å². The molecular weight excluding hydrogens is 246 g/mol. The Bertz CT molecular complexity index is 661. The van der Waals surface area contributed by atoms with Crippen molar-refractivity contribution in [3.05, 3.63) is 53.8 Å². The van der Waals surface area contributed by atoms with Crippen molar-refractivity contribution in [1.29, 1.82) is 0 Å². The van der Waals surface area contributed by atoms with Gasteiger partial charge in [0.05, 0.1) is 15.1 Å². The summed E-state index contributed by atoms with van der Waals surface area (Å²) in [6.07, 6.45) is 3.19. The van der Waals surface area contributed by atoms with Gasteiger partial charge in [0.1, 0.15) is 6.33 Å². The summed E-state index contributed by atoms with van der Waals surface area (Å²) in [7, 11) is 0. The molecule has 1 N–H and O–H groups in total. The Labute approximate surface area is 107 Å². The summed E-state index contributed by atoms with van der Waals surface area (Å²) >= 11 is 1.39. The highest BCUT2D eigenvalue weighted by molar-refractivity contribution is 7.20. The monoisotopic (exact) mass is 255 g/mol. The maximum Gasteiger partial charge on any atom is 0.265 e. The first-order valence-electron chi connectivity index (χ1n) is 5.39. The summed E-state index contributed by atoms with van der Waals surface area (Å²) in [5.74, 6) is -0.121. The van der Waals surface area contributed by atoms with Gasteiger partial charge in [-0.05, 0) is 18.2 Å². The minimum absolute atomic E-state index is 0.121. The molecule has 4 nitrogen and oxygen atoms in total. The Kier molecular flexibility index (Phi) is 2.74. The lowest BCUT2D eigenvalue weighted by Crippen LogP contribution is -2.09. The van der Waals surface area contributed by atoms with Gasteiger partial charge in [0.2, 0.25) is 0 Å². The van der Waals surface area contributed by atoms with Crippen molar-refractivity contribution >= 4 is 33.1 Å². The maximum absolute atomic E-state index is 12.0. The second-order valence-electron chi connectivity index (χ2n) is 3.70. The van der Waals surface area contributed by atoms with Crippen molar-refractivity contribution < 1.29 is 4.79 Å². The number of carbonyl (C=O) groups excluding carboxylic acids is 1. The zero-order valence-corrected chi connectivity index (χ0v) is 10.1. The molecule has 0 radical (unpaired) electrons. The first kappa shape index (κ1) is 10.9. The summed E-state index contributed by atoms with van der Waals surface area (Å²) in [4.78, 5) is 20.7. The van der Waals surface area contributed by atoms with Gasteiger partial charge >= 0.3 is 0 Å². The largest absolute Gasteiger partial charge is 0.321 e. The maximum atomic E-state index is 12.0. The Hall–Kier alpha value is -2.27. The lowest BCUT2D eigenvalue weighted by Gasteiger charge is -2.01. The molecule has 5 heteroatoms. The Balaban J connectivity index is 1.88. The summed E-state index contributed by atoms with van der Waals surface area (Å²) in [5.41, 5.74) is 1.58. The van der Waals surface area contributed by atoms with Crippen molar-refractivity contribution in [2.75, 3.05) is 5.32 Å². The molecule has 0 aliphatic heterocycles. The molecule has 18 heavy (non-hydrogen) atoms. The number of amides is 1. The van der Waals surface area contributed by atoms with Crippen LogP contribution in [0, 0.1) is 0 Å². The molecule has 3 aromatic rings. The first-order chi connectivity index (χ1) is 8.83. The van der Waals surface area contributed by atoms with Gasteiger partial charge in [-0.1, -0.05) is 18.2 Å². The molecule has 2 heterocycles. The van der Waals surface area contributed by atoms with Gasteiger partial charge in [-0.2, -0.15) is 0 Å².